The Bertz CT molecular complexity index is 1670. The van der Waals surface area contributed by atoms with Gasteiger partial charge in [0.05, 0.1) is 24.3 Å². The Morgan fingerprint density at radius 1 is 0.822 bits per heavy atom. The lowest BCUT2D eigenvalue weighted by atomic mass is 10.0. The molecule has 0 radical (unpaired) electrons. The van der Waals surface area contributed by atoms with Crippen molar-refractivity contribution < 1.29 is 27.5 Å². The first-order valence-electron chi connectivity index (χ1n) is 14.8. The van der Waals surface area contributed by atoms with Gasteiger partial charge in [-0.05, 0) is 61.4 Å². The Morgan fingerprint density at radius 2 is 1.47 bits per heavy atom. The van der Waals surface area contributed by atoms with E-state index in [1.165, 1.54) is 17.0 Å². The highest BCUT2D eigenvalue weighted by molar-refractivity contribution is 7.92. The van der Waals surface area contributed by atoms with Crippen molar-refractivity contribution in [2.45, 2.75) is 37.8 Å². The SMILES string of the molecule is CCNC(=O)[C@H](Cc1ccccc1)N(Cc1cccc(OC)c1)C(=O)CN(c1ccccc1OCC)S(=O)(=O)c1ccccc1. The molecule has 2 amide bonds. The summed E-state index contributed by atoms with van der Waals surface area (Å²) in [6.07, 6.45) is 0.226. The molecule has 0 bridgehead atoms. The highest BCUT2D eigenvalue weighted by atomic mass is 32.2. The highest BCUT2D eigenvalue weighted by Crippen LogP contribution is 2.33. The number of hydrogen-bond donors (Lipinski definition) is 1. The van der Waals surface area contributed by atoms with Crippen molar-refractivity contribution in [3.63, 3.8) is 0 Å². The molecule has 4 aromatic rings. The van der Waals surface area contributed by atoms with Gasteiger partial charge in [0.1, 0.15) is 24.1 Å². The number of carbonyl (C=O) groups excluding carboxylic acids is 2. The van der Waals surface area contributed by atoms with Crippen LogP contribution in [0, 0.1) is 0 Å². The van der Waals surface area contributed by atoms with Gasteiger partial charge in [-0.15, -0.1) is 0 Å². The van der Waals surface area contributed by atoms with Crippen molar-refractivity contribution in [3.8, 4) is 11.5 Å². The first kappa shape index (κ1) is 33.1. The number of nitrogens with zero attached hydrogens (tertiary/aromatic N) is 2. The lowest BCUT2D eigenvalue weighted by molar-refractivity contribution is -0.140. The van der Waals surface area contributed by atoms with Gasteiger partial charge in [-0.2, -0.15) is 0 Å². The average molecular weight is 630 g/mol. The van der Waals surface area contributed by atoms with Crippen molar-refractivity contribution in [1.82, 2.24) is 10.2 Å². The Labute approximate surface area is 265 Å². The van der Waals surface area contributed by atoms with Crippen LogP contribution in [0.3, 0.4) is 0 Å². The lowest BCUT2D eigenvalue weighted by Crippen LogP contribution is -2.53. The number of benzene rings is 4. The van der Waals surface area contributed by atoms with Gasteiger partial charge in [0.15, 0.2) is 0 Å². The minimum absolute atomic E-state index is 0.0213. The van der Waals surface area contributed by atoms with Crippen molar-refractivity contribution in [1.29, 1.82) is 0 Å². The van der Waals surface area contributed by atoms with Gasteiger partial charge in [0.25, 0.3) is 10.0 Å². The van der Waals surface area contributed by atoms with Crippen LogP contribution in [-0.2, 0) is 32.6 Å². The number of methoxy groups -OCH3 is 1. The Kier molecular flexibility index (Phi) is 11.6. The second-order valence-electron chi connectivity index (χ2n) is 10.2. The van der Waals surface area contributed by atoms with Gasteiger partial charge in [-0.25, -0.2) is 8.42 Å². The van der Waals surface area contributed by atoms with Gasteiger partial charge >= 0.3 is 0 Å². The summed E-state index contributed by atoms with van der Waals surface area (Å²) in [5, 5.41) is 2.87. The number of likely N-dealkylation sites (N-methyl/N-ethyl adjacent to an activating group) is 1. The third-order valence-electron chi connectivity index (χ3n) is 7.15. The second-order valence-corrected chi connectivity index (χ2v) is 12.1. The summed E-state index contributed by atoms with van der Waals surface area (Å²) in [6, 6.07) is 30.3. The van der Waals surface area contributed by atoms with E-state index in [4.69, 9.17) is 9.47 Å². The molecule has 0 spiro atoms. The predicted octanol–water partition coefficient (Wildman–Crippen LogP) is 5.07. The first-order valence-corrected chi connectivity index (χ1v) is 16.3. The minimum atomic E-state index is -4.24. The molecule has 0 unspecified atom stereocenters. The third-order valence-corrected chi connectivity index (χ3v) is 8.93. The number of para-hydroxylation sites is 2. The van der Waals surface area contributed by atoms with Crippen LogP contribution in [0.15, 0.2) is 114 Å². The van der Waals surface area contributed by atoms with E-state index >= 15 is 0 Å². The van der Waals surface area contributed by atoms with E-state index < -0.39 is 28.5 Å². The van der Waals surface area contributed by atoms with E-state index in [0.29, 0.717) is 24.7 Å². The maximum Gasteiger partial charge on any atom is 0.264 e. The van der Waals surface area contributed by atoms with Crippen LogP contribution in [0.2, 0.25) is 0 Å². The second kappa shape index (κ2) is 15.8. The molecule has 0 saturated carbocycles. The van der Waals surface area contributed by atoms with Crippen molar-refractivity contribution in [3.05, 3.63) is 120 Å². The normalized spacial score (nSPS) is 11.7. The van der Waals surface area contributed by atoms with Gasteiger partial charge in [0.2, 0.25) is 11.8 Å². The van der Waals surface area contributed by atoms with Crippen LogP contribution in [0.1, 0.15) is 25.0 Å². The Balaban J connectivity index is 1.83. The number of rotatable bonds is 15. The summed E-state index contributed by atoms with van der Waals surface area (Å²) in [5.74, 6) is 0.00764. The maximum atomic E-state index is 14.5. The number of sulfonamides is 1. The van der Waals surface area contributed by atoms with E-state index in [1.807, 2.05) is 43.3 Å². The van der Waals surface area contributed by atoms with E-state index in [1.54, 1.807) is 74.7 Å². The van der Waals surface area contributed by atoms with E-state index in [-0.39, 0.29) is 29.5 Å². The molecule has 0 aromatic heterocycles. The molecule has 0 heterocycles. The van der Waals surface area contributed by atoms with Crippen LogP contribution in [-0.4, -0.2) is 58.0 Å². The fourth-order valence-corrected chi connectivity index (χ4v) is 6.43. The molecular formula is C35H39N3O6S. The number of hydrogen-bond acceptors (Lipinski definition) is 6. The minimum Gasteiger partial charge on any atom is -0.497 e. The lowest BCUT2D eigenvalue weighted by Gasteiger charge is -2.34. The van der Waals surface area contributed by atoms with Gasteiger partial charge in [0, 0.05) is 19.5 Å². The maximum absolute atomic E-state index is 14.5. The molecule has 4 aromatic carbocycles. The van der Waals surface area contributed by atoms with Crippen LogP contribution in [0.25, 0.3) is 0 Å². The smallest absolute Gasteiger partial charge is 0.264 e. The molecule has 4 rings (SSSR count). The summed E-state index contributed by atoms with van der Waals surface area (Å²) in [5.41, 5.74) is 1.79. The zero-order valence-electron chi connectivity index (χ0n) is 25.8. The fourth-order valence-electron chi connectivity index (χ4n) is 4.99. The molecule has 45 heavy (non-hydrogen) atoms. The molecule has 0 aliphatic rings. The topological polar surface area (TPSA) is 105 Å². The molecule has 0 fully saturated rings. The third kappa shape index (κ3) is 8.42. The quantitative estimate of drug-likeness (QED) is 0.197. The molecule has 9 nitrogen and oxygen atoms in total. The monoisotopic (exact) mass is 629 g/mol. The molecule has 10 heteroatoms. The molecule has 1 N–H and O–H groups in total. The van der Waals surface area contributed by atoms with Crippen LogP contribution in [0.5, 0.6) is 11.5 Å². The summed E-state index contributed by atoms with van der Waals surface area (Å²) in [7, 11) is -2.68. The van der Waals surface area contributed by atoms with Gasteiger partial charge in [-0.1, -0.05) is 72.8 Å². The van der Waals surface area contributed by atoms with E-state index in [0.717, 1.165) is 15.4 Å². The summed E-state index contributed by atoms with van der Waals surface area (Å²) in [6.45, 7) is 3.73. The number of amides is 2. The van der Waals surface area contributed by atoms with Gasteiger partial charge < -0.3 is 19.7 Å². The Hall–Kier alpha value is -4.83. The number of nitrogens with one attached hydrogen (secondary N) is 1. The first-order chi connectivity index (χ1) is 21.8. The van der Waals surface area contributed by atoms with Crippen molar-refractivity contribution >= 4 is 27.5 Å². The standard InChI is InChI=1S/C35H39N3O6S/c1-4-36-35(40)32(24-27-15-8-6-9-16-27)37(25-28-17-14-18-29(23-28)43-3)34(39)26-38(31-21-12-13-22-33(31)44-5-2)45(41,42)30-19-10-7-11-20-30/h6-23,32H,4-5,24-26H2,1-3H3,(H,36,40)/t32-/m0/s1. The van der Waals surface area contributed by atoms with Crippen molar-refractivity contribution in [2.24, 2.45) is 0 Å². The molecule has 1 atom stereocenters. The number of anilines is 1. The zero-order valence-corrected chi connectivity index (χ0v) is 26.6. The van der Waals surface area contributed by atoms with Gasteiger partial charge in [-0.3, -0.25) is 13.9 Å². The molecule has 236 valence electrons. The zero-order chi connectivity index (χ0) is 32.2. The van der Waals surface area contributed by atoms with Crippen LogP contribution >= 0.6 is 0 Å². The fraction of sp³-hybridized carbons (Fsp3) is 0.257. The molecule has 0 aliphatic heterocycles. The Morgan fingerprint density at radius 3 is 2.13 bits per heavy atom. The molecule has 0 aliphatic carbocycles. The average Bonchev–Trinajstić information content (AvgIpc) is 3.06. The predicted molar refractivity (Wildman–Crippen MR) is 175 cm³/mol. The summed E-state index contributed by atoms with van der Waals surface area (Å²) in [4.78, 5) is 29.6. The van der Waals surface area contributed by atoms with E-state index in [2.05, 4.69) is 5.32 Å². The van der Waals surface area contributed by atoms with E-state index in [9.17, 15) is 18.0 Å². The summed E-state index contributed by atoms with van der Waals surface area (Å²) < 4.78 is 40.6. The molecule has 0 saturated heterocycles. The van der Waals surface area contributed by atoms with Crippen LogP contribution in [0.4, 0.5) is 5.69 Å². The number of ether oxygens (including phenoxy) is 2. The highest BCUT2D eigenvalue weighted by Gasteiger charge is 2.35. The van der Waals surface area contributed by atoms with Crippen molar-refractivity contribution in [2.75, 3.05) is 31.1 Å². The summed E-state index contributed by atoms with van der Waals surface area (Å²) >= 11 is 0. The van der Waals surface area contributed by atoms with Crippen LogP contribution < -0.4 is 19.1 Å². The largest absolute Gasteiger partial charge is 0.497 e. The molecular weight excluding hydrogens is 590 g/mol. The number of carbonyl (C=O) groups is 2.